The quantitative estimate of drug-likeness (QED) is 0.758. The normalized spacial score (nSPS) is 13.1. The molecule has 1 aromatic rings. The van der Waals surface area contributed by atoms with Crippen LogP contribution in [0.15, 0.2) is 6.07 Å². The Morgan fingerprint density at radius 2 is 2.36 bits per heavy atom. The van der Waals surface area contributed by atoms with Crippen molar-refractivity contribution in [3.63, 3.8) is 0 Å². The van der Waals surface area contributed by atoms with Crippen LogP contribution >= 0.6 is 11.6 Å². The molecule has 0 fully saturated rings. The SMILES string of the molecule is CCc1cc(CNC(C)CCl)n(C)n1. The van der Waals surface area contributed by atoms with Crippen LogP contribution in [0.4, 0.5) is 0 Å². The van der Waals surface area contributed by atoms with E-state index in [9.17, 15) is 0 Å². The van der Waals surface area contributed by atoms with E-state index in [1.807, 2.05) is 11.7 Å². The van der Waals surface area contributed by atoms with Gasteiger partial charge in [-0.2, -0.15) is 5.10 Å². The number of nitrogens with one attached hydrogen (secondary N) is 1. The predicted octanol–water partition coefficient (Wildman–Crippen LogP) is 1.70. The molecule has 1 unspecified atom stereocenters. The summed E-state index contributed by atoms with van der Waals surface area (Å²) in [4.78, 5) is 0. The Kier molecular flexibility index (Phi) is 4.42. The van der Waals surface area contributed by atoms with E-state index >= 15 is 0 Å². The van der Waals surface area contributed by atoms with E-state index in [1.165, 1.54) is 5.69 Å². The van der Waals surface area contributed by atoms with E-state index in [0.29, 0.717) is 11.9 Å². The number of alkyl halides is 1. The van der Waals surface area contributed by atoms with Crippen molar-refractivity contribution in [1.29, 1.82) is 0 Å². The first-order valence-electron chi connectivity index (χ1n) is 4.98. The van der Waals surface area contributed by atoms with Crippen molar-refractivity contribution in [2.75, 3.05) is 5.88 Å². The molecule has 0 radical (unpaired) electrons. The highest BCUT2D eigenvalue weighted by atomic mass is 35.5. The maximum atomic E-state index is 5.71. The van der Waals surface area contributed by atoms with Crippen LogP contribution in [0.2, 0.25) is 0 Å². The van der Waals surface area contributed by atoms with Crippen LogP contribution in [0.5, 0.6) is 0 Å². The highest BCUT2D eigenvalue weighted by Gasteiger charge is 2.04. The molecule has 80 valence electrons. The molecular formula is C10H18ClN3. The van der Waals surface area contributed by atoms with Crippen molar-refractivity contribution in [3.8, 4) is 0 Å². The fourth-order valence-electron chi connectivity index (χ4n) is 1.24. The van der Waals surface area contributed by atoms with Gasteiger partial charge in [0, 0.05) is 25.5 Å². The van der Waals surface area contributed by atoms with Gasteiger partial charge < -0.3 is 5.32 Å². The lowest BCUT2D eigenvalue weighted by atomic mass is 10.3. The van der Waals surface area contributed by atoms with Crippen molar-refractivity contribution >= 4 is 11.6 Å². The van der Waals surface area contributed by atoms with Gasteiger partial charge >= 0.3 is 0 Å². The second-order valence-electron chi connectivity index (χ2n) is 3.54. The molecule has 3 nitrogen and oxygen atoms in total. The molecule has 0 aliphatic carbocycles. The van der Waals surface area contributed by atoms with Crippen LogP contribution in [0.1, 0.15) is 25.2 Å². The van der Waals surface area contributed by atoms with E-state index < -0.39 is 0 Å². The van der Waals surface area contributed by atoms with Gasteiger partial charge in [0.15, 0.2) is 0 Å². The van der Waals surface area contributed by atoms with Crippen LogP contribution in [0, 0.1) is 0 Å². The Bertz CT molecular complexity index is 283. The average Bonchev–Trinajstić information content (AvgIpc) is 2.55. The minimum absolute atomic E-state index is 0.344. The van der Waals surface area contributed by atoms with Crippen LogP contribution in [-0.2, 0) is 20.0 Å². The molecule has 1 heterocycles. The molecule has 0 saturated heterocycles. The first-order chi connectivity index (χ1) is 6.67. The van der Waals surface area contributed by atoms with Crippen molar-refractivity contribution in [3.05, 3.63) is 17.5 Å². The topological polar surface area (TPSA) is 29.9 Å². The maximum Gasteiger partial charge on any atom is 0.0625 e. The average molecular weight is 216 g/mol. The summed E-state index contributed by atoms with van der Waals surface area (Å²) in [5, 5.41) is 7.71. The first-order valence-corrected chi connectivity index (χ1v) is 5.52. The molecule has 0 amide bonds. The number of aryl methyl sites for hydroxylation is 2. The summed E-state index contributed by atoms with van der Waals surface area (Å²) >= 11 is 5.71. The summed E-state index contributed by atoms with van der Waals surface area (Å²) in [6.07, 6.45) is 0.985. The molecule has 1 atom stereocenters. The molecule has 1 rings (SSSR count). The van der Waals surface area contributed by atoms with E-state index in [1.54, 1.807) is 0 Å². The maximum absolute atomic E-state index is 5.71. The molecule has 0 bridgehead atoms. The third-order valence-corrected chi connectivity index (χ3v) is 2.72. The highest BCUT2D eigenvalue weighted by Crippen LogP contribution is 2.03. The molecule has 0 aliphatic rings. The molecule has 0 saturated carbocycles. The van der Waals surface area contributed by atoms with Crippen molar-refractivity contribution in [1.82, 2.24) is 15.1 Å². The smallest absolute Gasteiger partial charge is 0.0625 e. The van der Waals surface area contributed by atoms with E-state index in [4.69, 9.17) is 11.6 Å². The lowest BCUT2D eigenvalue weighted by Crippen LogP contribution is -2.27. The zero-order valence-electron chi connectivity index (χ0n) is 9.05. The second-order valence-corrected chi connectivity index (χ2v) is 3.85. The van der Waals surface area contributed by atoms with E-state index in [-0.39, 0.29) is 0 Å². The number of rotatable bonds is 5. The minimum atomic E-state index is 0.344. The number of aromatic nitrogens is 2. The fourth-order valence-corrected chi connectivity index (χ4v) is 1.35. The highest BCUT2D eigenvalue weighted by molar-refractivity contribution is 6.18. The monoisotopic (exact) mass is 215 g/mol. The van der Waals surface area contributed by atoms with Crippen molar-refractivity contribution in [2.45, 2.75) is 32.9 Å². The largest absolute Gasteiger partial charge is 0.307 e. The summed E-state index contributed by atoms with van der Waals surface area (Å²) in [7, 11) is 1.97. The minimum Gasteiger partial charge on any atom is -0.307 e. The number of halogens is 1. The van der Waals surface area contributed by atoms with E-state index in [2.05, 4.69) is 30.3 Å². The van der Waals surface area contributed by atoms with Crippen LogP contribution < -0.4 is 5.32 Å². The van der Waals surface area contributed by atoms with Gasteiger partial charge in [0.25, 0.3) is 0 Å². The molecule has 1 N–H and O–H groups in total. The Labute approximate surface area is 90.4 Å². The van der Waals surface area contributed by atoms with Crippen LogP contribution in [0.3, 0.4) is 0 Å². The predicted molar refractivity (Wildman–Crippen MR) is 59.6 cm³/mol. The Hall–Kier alpha value is -0.540. The lowest BCUT2D eigenvalue weighted by Gasteiger charge is -2.09. The zero-order chi connectivity index (χ0) is 10.6. The Morgan fingerprint density at radius 3 is 2.86 bits per heavy atom. The number of hydrogen-bond donors (Lipinski definition) is 1. The fraction of sp³-hybridized carbons (Fsp3) is 0.700. The second kappa shape index (κ2) is 5.37. The van der Waals surface area contributed by atoms with Crippen LogP contribution in [0.25, 0.3) is 0 Å². The molecule has 1 aromatic heterocycles. The van der Waals surface area contributed by atoms with E-state index in [0.717, 1.165) is 18.7 Å². The van der Waals surface area contributed by atoms with Crippen LogP contribution in [-0.4, -0.2) is 21.7 Å². The van der Waals surface area contributed by atoms with Crippen molar-refractivity contribution < 1.29 is 0 Å². The van der Waals surface area contributed by atoms with Gasteiger partial charge in [-0.05, 0) is 19.4 Å². The summed E-state index contributed by atoms with van der Waals surface area (Å²) < 4.78 is 1.92. The number of nitrogens with zero attached hydrogens (tertiary/aromatic N) is 2. The van der Waals surface area contributed by atoms with Gasteiger partial charge in [-0.1, -0.05) is 6.92 Å². The van der Waals surface area contributed by atoms with Gasteiger partial charge in [0.05, 0.1) is 11.4 Å². The summed E-state index contributed by atoms with van der Waals surface area (Å²) in [6, 6.07) is 2.48. The van der Waals surface area contributed by atoms with Gasteiger partial charge in [-0.15, -0.1) is 11.6 Å². The Morgan fingerprint density at radius 1 is 1.64 bits per heavy atom. The molecule has 4 heteroatoms. The summed E-state index contributed by atoms with van der Waals surface area (Å²) in [5.74, 6) is 0.637. The van der Waals surface area contributed by atoms with Gasteiger partial charge in [-0.3, -0.25) is 4.68 Å². The molecular weight excluding hydrogens is 198 g/mol. The molecule has 0 aromatic carbocycles. The third-order valence-electron chi connectivity index (χ3n) is 2.25. The van der Waals surface area contributed by atoms with Gasteiger partial charge in [-0.25, -0.2) is 0 Å². The molecule has 14 heavy (non-hydrogen) atoms. The standard InChI is InChI=1S/C10H18ClN3/c1-4-9-5-10(14(3)13-9)7-12-8(2)6-11/h5,8,12H,4,6-7H2,1-3H3. The first kappa shape index (κ1) is 11.5. The summed E-state index contributed by atoms with van der Waals surface area (Å²) in [5.41, 5.74) is 2.35. The lowest BCUT2D eigenvalue weighted by molar-refractivity contribution is 0.562. The van der Waals surface area contributed by atoms with Gasteiger partial charge in [0.2, 0.25) is 0 Å². The summed E-state index contributed by atoms with van der Waals surface area (Å²) in [6.45, 7) is 5.02. The third kappa shape index (κ3) is 3.00. The number of hydrogen-bond acceptors (Lipinski definition) is 2. The Balaban J connectivity index is 2.53. The molecule has 0 spiro atoms. The molecule has 0 aliphatic heterocycles. The zero-order valence-corrected chi connectivity index (χ0v) is 9.80. The van der Waals surface area contributed by atoms with Gasteiger partial charge in [0.1, 0.15) is 0 Å². The van der Waals surface area contributed by atoms with Crippen molar-refractivity contribution in [2.24, 2.45) is 7.05 Å².